The molecule has 2 heterocycles. The highest BCUT2D eigenvalue weighted by Gasteiger charge is 2.36. The van der Waals surface area contributed by atoms with E-state index in [4.69, 9.17) is 9.47 Å². The molecule has 0 bridgehead atoms. The van der Waals surface area contributed by atoms with Gasteiger partial charge in [0.1, 0.15) is 5.75 Å². The molecule has 0 spiro atoms. The van der Waals surface area contributed by atoms with E-state index in [1.54, 1.807) is 7.11 Å². The molecular formula is C17H23NO3. The van der Waals surface area contributed by atoms with Crippen LogP contribution < -0.4 is 4.74 Å². The summed E-state index contributed by atoms with van der Waals surface area (Å²) in [4.78, 5) is 14.4. The predicted molar refractivity (Wildman–Crippen MR) is 80.4 cm³/mol. The SMILES string of the molecule is CCOC(=O)C1CCC2c3ccc(OC)cc3CCN2C1. The van der Waals surface area contributed by atoms with Crippen LogP contribution >= 0.6 is 0 Å². The quantitative estimate of drug-likeness (QED) is 0.802. The minimum atomic E-state index is -0.0310. The maximum Gasteiger partial charge on any atom is 0.310 e. The van der Waals surface area contributed by atoms with Gasteiger partial charge < -0.3 is 9.47 Å². The van der Waals surface area contributed by atoms with Crippen LogP contribution in [0.5, 0.6) is 5.75 Å². The number of carbonyl (C=O) groups is 1. The average Bonchev–Trinajstić information content (AvgIpc) is 2.53. The maximum absolute atomic E-state index is 11.9. The Hall–Kier alpha value is -1.55. The molecule has 0 aromatic heterocycles. The van der Waals surface area contributed by atoms with Crippen molar-refractivity contribution in [2.45, 2.75) is 32.2 Å². The highest BCUT2D eigenvalue weighted by molar-refractivity contribution is 5.72. The average molecular weight is 289 g/mol. The van der Waals surface area contributed by atoms with E-state index in [2.05, 4.69) is 17.0 Å². The number of ether oxygens (including phenoxy) is 2. The molecule has 2 unspecified atom stereocenters. The Labute approximate surface area is 126 Å². The van der Waals surface area contributed by atoms with Crippen molar-refractivity contribution < 1.29 is 14.3 Å². The number of fused-ring (bicyclic) bond motifs is 3. The Morgan fingerprint density at radius 1 is 1.38 bits per heavy atom. The van der Waals surface area contributed by atoms with Crippen molar-refractivity contribution >= 4 is 5.97 Å². The highest BCUT2D eigenvalue weighted by atomic mass is 16.5. The zero-order chi connectivity index (χ0) is 14.8. The summed E-state index contributed by atoms with van der Waals surface area (Å²) in [6, 6.07) is 6.84. The third-order valence-corrected chi connectivity index (χ3v) is 4.68. The van der Waals surface area contributed by atoms with Crippen LogP contribution in [0, 0.1) is 5.92 Å². The van der Waals surface area contributed by atoms with Gasteiger partial charge in [-0.3, -0.25) is 9.69 Å². The van der Waals surface area contributed by atoms with E-state index < -0.39 is 0 Å². The normalized spacial score (nSPS) is 24.9. The van der Waals surface area contributed by atoms with Crippen molar-refractivity contribution in [1.82, 2.24) is 4.90 Å². The topological polar surface area (TPSA) is 38.8 Å². The zero-order valence-electron chi connectivity index (χ0n) is 12.8. The number of rotatable bonds is 3. The molecular weight excluding hydrogens is 266 g/mol. The highest BCUT2D eigenvalue weighted by Crippen LogP contribution is 2.39. The fourth-order valence-electron chi connectivity index (χ4n) is 3.61. The molecule has 0 aliphatic carbocycles. The van der Waals surface area contributed by atoms with E-state index in [9.17, 15) is 4.79 Å². The van der Waals surface area contributed by atoms with Crippen molar-refractivity contribution in [2.75, 3.05) is 26.8 Å². The van der Waals surface area contributed by atoms with Gasteiger partial charge in [0.2, 0.25) is 0 Å². The van der Waals surface area contributed by atoms with Crippen molar-refractivity contribution in [1.29, 1.82) is 0 Å². The molecule has 4 heteroatoms. The van der Waals surface area contributed by atoms with Gasteiger partial charge in [0, 0.05) is 19.1 Å². The van der Waals surface area contributed by atoms with Crippen LogP contribution in [0.25, 0.3) is 0 Å². The molecule has 21 heavy (non-hydrogen) atoms. The lowest BCUT2D eigenvalue weighted by molar-refractivity contribution is -0.150. The van der Waals surface area contributed by atoms with Crippen molar-refractivity contribution in [3.05, 3.63) is 29.3 Å². The van der Waals surface area contributed by atoms with E-state index in [0.717, 1.165) is 38.1 Å². The largest absolute Gasteiger partial charge is 0.497 e. The van der Waals surface area contributed by atoms with Gasteiger partial charge in [-0.2, -0.15) is 0 Å². The molecule has 1 aromatic carbocycles. The van der Waals surface area contributed by atoms with Gasteiger partial charge in [-0.1, -0.05) is 6.07 Å². The van der Waals surface area contributed by atoms with Crippen molar-refractivity contribution in [3.8, 4) is 5.75 Å². The molecule has 3 rings (SSSR count). The molecule has 114 valence electrons. The molecule has 1 fully saturated rings. The van der Waals surface area contributed by atoms with Gasteiger partial charge in [0.05, 0.1) is 19.6 Å². The second-order valence-corrected chi connectivity index (χ2v) is 5.85. The molecule has 2 aliphatic heterocycles. The number of nitrogens with zero attached hydrogens (tertiary/aromatic N) is 1. The van der Waals surface area contributed by atoms with Crippen molar-refractivity contribution in [2.24, 2.45) is 5.92 Å². The summed E-state index contributed by atoms with van der Waals surface area (Å²) in [7, 11) is 1.71. The first-order valence-electron chi connectivity index (χ1n) is 7.80. The molecule has 1 saturated heterocycles. The first kappa shape index (κ1) is 14.4. The fourth-order valence-corrected chi connectivity index (χ4v) is 3.61. The van der Waals surface area contributed by atoms with Crippen LogP contribution in [-0.2, 0) is 16.0 Å². The van der Waals surface area contributed by atoms with Crippen LogP contribution in [0.15, 0.2) is 18.2 Å². The molecule has 4 nitrogen and oxygen atoms in total. The van der Waals surface area contributed by atoms with Gasteiger partial charge in [-0.15, -0.1) is 0 Å². The van der Waals surface area contributed by atoms with Gasteiger partial charge >= 0.3 is 5.97 Å². The number of hydrogen-bond donors (Lipinski definition) is 0. The lowest BCUT2D eigenvalue weighted by Crippen LogP contribution is -2.44. The Balaban J connectivity index is 1.75. The second-order valence-electron chi connectivity index (χ2n) is 5.85. The van der Waals surface area contributed by atoms with Crippen molar-refractivity contribution in [3.63, 3.8) is 0 Å². The van der Waals surface area contributed by atoms with E-state index in [-0.39, 0.29) is 11.9 Å². The summed E-state index contributed by atoms with van der Waals surface area (Å²) >= 11 is 0. The molecule has 0 saturated carbocycles. The molecule has 2 atom stereocenters. The van der Waals surface area contributed by atoms with E-state index in [1.807, 2.05) is 13.0 Å². The first-order valence-corrected chi connectivity index (χ1v) is 7.80. The maximum atomic E-state index is 11.9. The van der Waals surface area contributed by atoms with Crippen LogP contribution in [0.4, 0.5) is 0 Å². The smallest absolute Gasteiger partial charge is 0.310 e. The summed E-state index contributed by atoms with van der Waals surface area (Å²) in [6.07, 6.45) is 2.98. The van der Waals surface area contributed by atoms with Gasteiger partial charge in [-0.05, 0) is 49.4 Å². The van der Waals surface area contributed by atoms with Crippen LogP contribution in [0.2, 0.25) is 0 Å². The lowest BCUT2D eigenvalue weighted by Gasteiger charge is -2.42. The number of carbonyl (C=O) groups excluding carboxylic acids is 1. The molecule has 0 amide bonds. The number of methoxy groups -OCH3 is 1. The number of piperidine rings is 1. The number of hydrogen-bond acceptors (Lipinski definition) is 4. The van der Waals surface area contributed by atoms with Gasteiger partial charge in [-0.25, -0.2) is 0 Å². The van der Waals surface area contributed by atoms with E-state index >= 15 is 0 Å². The van der Waals surface area contributed by atoms with Crippen LogP contribution in [-0.4, -0.2) is 37.7 Å². The molecule has 1 aromatic rings. The molecule has 2 aliphatic rings. The Morgan fingerprint density at radius 3 is 3.00 bits per heavy atom. The zero-order valence-corrected chi connectivity index (χ0v) is 12.8. The first-order chi connectivity index (χ1) is 10.2. The number of benzene rings is 1. The summed E-state index contributed by atoms with van der Waals surface area (Å²) in [5.41, 5.74) is 2.80. The van der Waals surface area contributed by atoms with Crippen LogP contribution in [0.1, 0.15) is 36.9 Å². The molecule has 0 N–H and O–H groups in total. The molecule has 0 radical (unpaired) electrons. The summed E-state index contributed by atoms with van der Waals surface area (Å²) in [6.45, 7) is 4.19. The third kappa shape index (κ3) is 2.77. The van der Waals surface area contributed by atoms with E-state index in [1.165, 1.54) is 11.1 Å². The Bertz CT molecular complexity index is 529. The second kappa shape index (κ2) is 6.06. The summed E-state index contributed by atoms with van der Waals surface area (Å²) in [5.74, 6) is 0.944. The minimum absolute atomic E-state index is 0.0310. The monoisotopic (exact) mass is 289 g/mol. The fraction of sp³-hybridized carbons (Fsp3) is 0.588. The minimum Gasteiger partial charge on any atom is -0.497 e. The summed E-state index contributed by atoms with van der Waals surface area (Å²) < 4.78 is 10.5. The third-order valence-electron chi connectivity index (χ3n) is 4.68. The van der Waals surface area contributed by atoms with Gasteiger partial charge in [0.25, 0.3) is 0 Å². The lowest BCUT2D eigenvalue weighted by atomic mass is 9.83. The van der Waals surface area contributed by atoms with Crippen LogP contribution in [0.3, 0.4) is 0 Å². The summed E-state index contributed by atoms with van der Waals surface area (Å²) in [5, 5.41) is 0. The standard InChI is InChI=1S/C17H23NO3/c1-3-21-17(19)13-4-7-16-15-6-5-14(20-2)10-12(15)8-9-18(16)11-13/h5-6,10,13,16H,3-4,7-9,11H2,1-2H3. The van der Waals surface area contributed by atoms with Gasteiger partial charge in [0.15, 0.2) is 0 Å². The predicted octanol–water partition coefficient (Wildman–Crippen LogP) is 2.57. The Kier molecular flexibility index (Phi) is 4.15. The van der Waals surface area contributed by atoms with E-state index in [0.29, 0.717) is 12.6 Å². The Morgan fingerprint density at radius 2 is 2.24 bits per heavy atom. The number of esters is 1.